The molecule has 0 saturated carbocycles. The third-order valence-corrected chi connectivity index (χ3v) is 4.69. The summed E-state index contributed by atoms with van der Waals surface area (Å²) < 4.78 is 0. The number of aromatic amines is 1. The first-order valence-corrected chi connectivity index (χ1v) is 8.70. The van der Waals surface area contributed by atoms with Crippen LogP contribution in [0.1, 0.15) is 27.0 Å². The van der Waals surface area contributed by atoms with Gasteiger partial charge >= 0.3 is 0 Å². The second kappa shape index (κ2) is 6.96. The number of benzene rings is 3. The fourth-order valence-corrected chi connectivity index (χ4v) is 3.47. The van der Waals surface area contributed by atoms with Gasteiger partial charge in [-0.05, 0) is 47.4 Å². The Balaban J connectivity index is 1.98. The molecule has 0 fully saturated rings. The average molecular weight is 354 g/mol. The second-order valence-electron chi connectivity index (χ2n) is 6.41. The monoisotopic (exact) mass is 354 g/mol. The molecule has 0 bridgehead atoms. The summed E-state index contributed by atoms with van der Waals surface area (Å²) in [6, 6.07) is 21.4. The van der Waals surface area contributed by atoms with Gasteiger partial charge in [0.1, 0.15) is 0 Å². The molecule has 4 rings (SSSR count). The van der Waals surface area contributed by atoms with E-state index >= 15 is 0 Å². The van der Waals surface area contributed by atoms with Gasteiger partial charge < -0.3 is 0 Å². The Morgan fingerprint density at radius 3 is 2.22 bits per heavy atom. The van der Waals surface area contributed by atoms with Crippen LogP contribution in [0.2, 0.25) is 0 Å². The zero-order valence-corrected chi connectivity index (χ0v) is 15.1. The average Bonchev–Trinajstić information content (AvgIpc) is 3.23. The number of H-pyrrole nitrogens is 1. The normalized spacial score (nSPS) is 10.7. The highest BCUT2D eigenvalue weighted by Crippen LogP contribution is 2.37. The standard InChI is InChI=1S/C22H18N4O/c1-14-13-18(16-9-5-3-6-10-16)20(22-23-25-26-24-22)15(2)19(14)21(27)17-11-7-4-8-12-17/h3-13H,1-2H3,(H,23,24,25,26). The van der Waals surface area contributed by atoms with Crippen molar-refractivity contribution < 1.29 is 4.79 Å². The Bertz CT molecular complexity index is 1090. The number of aryl methyl sites for hydroxylation is 1. The van der Waals surface area contributed by atoms with Crippen molar-refractivity contribution in [2.45, 2.75) is 13.8 Å². The molecule has 0 atom stereocenters. The molecule has 0 aliphatic heterocycles. The van der Waals surface area contributed by atoms with Gasteiger partial charge in [-0.25, -0.2) is 0 Å². The van der Waals surface area contributed by atoms with E-state index in [9.17, 15) is 4.79 Å². The molecule has 5 nitrogen and oxygen atoms in total. The Kier molecular flexibility index (Phi) is 4.34. The Labute approximate surface area is 157 Å². The van der Waals surface area contributed by atoms with Crippen LogP contribution in [-0.4, -0.2) is 26.4 Å². The molecular weight excluding hydrogens is 336 g/mol. The zero-order chi connectivity index (χ0) is 18.8. The van der Waals surface area contributed by atoms with Gasteiger partial charge in [0.25, 0.3) is 0 Å². The number of carbonyl (C=O) groups excluding carboxylic acids is 1. The van der Waals surface area contributed by atoms with Crippen LogP contribution < -0.4 is 0 Å². The molecule has 0 amide bonds. The van der Waals surface area contributed by atoms with Crippen LogP contribution in [0.25, 0.3) is 22.5 Å². The fourth-order valence-electron chi connectivity index (χ4n) is 3.47. The third-order valence-electron chi connectivity index (χ3n) is 4.69. The molecule has 5 heteroatoms. The predicted octanol–water partition coefficient (Wildman–Crippen LogP) is 4.38. The molecule has 0 aliphatic rings. The highest BCUT2D eigenvalue weighted by Gasteiger charge is 2.23. The van der Waals surface area contributed by atoms with Gasteiger partial charge in [0.2, 0.25) is 5.82 Å². The van der Waals surface area contributed by atoms with E-state index in [4.69, 9.17) is 0 Å². The molecule has 0 unspecified atom stereocenters. The number of carbonyl (C=O) groups is 1. The van der Waals surface area contributed by atoms with Crippen molar-refractivity contribution >= 4 is 5.78 Å². The minimum Gasteiger partial charge on any atom is -0.289 e. The lowest BCUT2D eigenvalue weighted by atomic mass is 9.86. The quantitative estimate of drug-likeness (QED) is 0.552. The molecule has 1 aromatic heterocycles. The van der Waals surface area contributed by atoms with Crippen LogP contribution in [0, 0.1) is 13.8 Å². The van der Waals surface area contributed by atoms with Crippen LogP contribution in [0.15, 0.2) is 66.7 Å². The molecule has 3 aromatic carbocycles. The first-order valence-electron chi connectivity index (χ1n) is 8.70. The van der Waals surface area contributed by atoms with Crippen LogP contribution in [0.4, 0.5) is 0 Å². The van der Waals surface area contributed by atoms with Crippen molar-refractivity contribution in [3.8, 4) is 22.5 Å². The van der Waals surface area contributed by atoms with Crippen molar-refractivity contribution in [1.29, 1.82) is 0 Å². The number of tetrazole rings is 1. The Hall–Kier alpha value is -3.60. The summed E-state index contributed by atoms with van der Waals surface area (Å²) >= 11 is 0. The van der Waals surface area contributed by atoms with Gasteiger partial charge in [-0.1, -0.05) is 60.7 Å². The van der Waals surface area contributed by atoms with Crippen LogP contribution in [-0.2, 0) is 0 Å². The first-order chi connectivity index (χ1) is 13.2. The lowest BCUT2D eigenvalue weighted by Gasteiger charge is -2.17. The first kappa shape index (κ1) is 16.8. The maximum absolute atomic E-state index is 13.2. The fraction of sp³-hybridized carbons (Fsp3) is 0.0909. The summed E-state index contributed by atoms with van der Waals surface area (Å²) in [6.07, 6.45) is 0. The van der Waals surface area contributed by atoms with Gasteiger partial charge in [-0.2, -0.15) is 5.21 Å². The van der Waals surface area contributed by atoms with Gasteiger partial charge in [0.05, 0.1) is 0 Å². The predicted molar refractivity (Wildman–Crippen MR) is 104 cm³/mol. The molecule has 132 valence electrons. The van der Waals surface area contributed by atoms with Gasteiger partial charge in [-0.15, -0.1) is 10.2 Å². The van der Waals surface area contributed by atoms with Crippen molar-refractivity contribution in [2.24, 2.45) is 0 Å². The molecule has 0 radical (unpaired) electrons. The second-order valence-corrected chi connectivity index (χ2v) is 6.41. The molecule has 1 heterocycles. The topological polar surface area (TPSA) is 71.5 Å². The minimum absolute atomic E-state index is 0.00467. The number of nitrogens with zero attached hydrogens (tertiary/aromatic N) is 3. The number of hydrogen-bond donors (Lipinski definition) is 1. The molecule has 0 aliphatic carbocycles. The summed E-state index contributed by atoms with van der Waals surface area (Å²) in [5, 5.41) is 14.6. The number of ketones is 1. The Morgan fingerprint density at radius 2 is 1.59 bits per heavy atom. The highest BCUT2D eigenvalue weighted by molar-refractivity contribution is 6.12. The molecule has 0 saturated heterocycles. The smallest absolute Gasteiger partial charge is 0.205 e. The zero-order valence-electron chi connectivity index (χ0n) is 15.1. The van der Waals surface area contributed by atoms with Crippen molar-refractivity contribution in [3.05, 3.63) is 89.0 Å². The van der Waals surface area contributed by atoms with Crippen LogP contribution in [0.3, 0.4) is 0 Å². The van der Waals surface area contributed by atoms with E-state index in [0.717, 1.165) is 27.8 Å². The third kappa shape index (κ3) is 3.04. The molecular formula is C22H18N4O. The van der Waals surface area contributed by atoms with Gasteiger partial charge in [0, 0.05) is 16.7 Å². The number of nitrogens with one attached hydrogen (secondary N) is 1. The minimum atomic E-state index is -0.00467. The molecule has 4 aromatic rings. The van der Waals surface area contributed by atoms with E-state index < -0.39 is 0 Å². The molecule has 27 heavy (non-hydrogen) atoms. The van der Waals surface area contributed by atoms with Gasteiger partial charge in [-0.3, -0.25) is 4.79 Å². The lowest BCUT2D eigenvalue weighted by Crippen LogP contribution is -2.09. The summed E-state index contributed by atoms with van der Waals surface area (Å²) in [5.74, 6) is 0.475. The van der Waals surface area contributed by atoms with E-state index in [2.05, 4.69) is 20.6 Å². The van der Waals surface area contributed by atoms with E-state index in [1.165, 1.54) is 0 Å². The van der Waals surface area contributed by atoms with E-state index in [0.29, 0.717) is 17.0 Å². The maximum atomic E-state index is 13.2. The maximum Gasteiger partial charge on any atom is 0.205 e. The van der Waals surface area contributed by atoms with Crippen molar-refractivity contribution in [1.82, 2.24) is 20.6 Å². The van der Waals surface area contributed by atoms with Crippen LogP contribution in [0.5, 0.6) is 0 Å². The lowest BCUT2D eigenvalue weighted by molar-refractivity contribution is 0.103. The summed E-state index contributed by atoms with van der Waals surface area (Å²) in [5.41, 5.74) is 5.96. The summed E-state index contributed by atoms with van der Waals surface area (Å²) in [4.78, 5) is 13.2. The number of aromatic nitrogens is 4. The van der Waals surface area contributed by atoms with E-state index in [1.54, 1.807) is 0 Å². The molecule has 1 N–H and O–H groups in total. The largest absolute Gasteiger partial charge is 0.289 e. The van der Waals surface area contributed by atoms with E-state index in [1.807, 2.05) is 80.6 Å². The highest BCUT2D eigenvalue weighted by atomic mass is 16.1. The number of rotatable bonds is 4. The molecule has 0 spiro atoms. The van der Waals surface area contributed by atoms with Crippen LogP contribution >= 0.6 is 0 Å². The summed E-state index contributed by atoms with van der Waals surface area (Å²) in [7, 11) is 0. The van der Waals surface area contributed by atoms with Gasteiger partial charge in [0.15, 0.2) is 5.78 Å². The SMILES string of the molecule is Cc1cc(-c2ccccc2)c(-c2nn[nH]n2)c(C)c1C(=O)c1ccccc1. The Morgan fingerprint density at radius 1 is 0.926 bits per heavy atom. The number of hydrogen-bond acceptors (Lipinski definition) is 4. The van der Waals surface area contributed by atoms with Crippen molar-refractivity contribution in [3.63, 3.8) is 0 Å². The van der Waals surface area contributed by atoms with E-state index in [-0.39, 0.29) is 5.78 Å². The summed E-state index contributed by atoms with van der Waals surface area (Å²) in [6.45, 7) is 3.91. The van der Waals surface area contributed by atoms with Crippen molar-refractivity contribution in [2.75, 3.05) is 0 Å².